The normalized spacial score (nSPS) is 24.6. The fourth-order valence-corrected chi connectivity index (χ4v) is 4.04. The van der Waals surface area contributed by atoms with Crippen LogP contribution >= 0.6 is 0 Å². The summed E-state index contributed by atoms with van der Waals surface area (Å²) in [5, 5.41) is 0. The van der Waals surface area contributed by atoms with E-state index in [1.165, 1.54) is 51.4 Å². The molecular formula is C23H46O2. The maximum atomic E-state index is 12.5. The molecule has 0 aliphatic heterocycles. The molecule has 1 fully saturated rings. The van der Waals surface area contributed by atoms with Crippen molar-refractivity contribution in [3.63, 3.8) is 0 Å². The van der Waals surface area contributed by atoms with E-state index in [0.29, 0.717) is 17.8 Å². The van der Waals surface area contributed by atoms with Crippen LogP contribution in [0.1, 0.15) is 113 Å². The van der Waals surface area contributed by atoms with Crippen LogP contribution in [0.15, 0.2) is 0 Å². The van der Waals surface area contributed by atoms with E-state index < -0.39 is 0 Å². The van der Waals surface area contributed by atoms with Crippen molar-refractivity contribution < 1.29 is 9.53 Å². The van der Waals surface area contributed by atoms with Gasteiger partial charge in [-0.05, 0) is 37.0 Å². The fourth-order valence-electron chi connectivity index (χ4n) is 4.04. The molecule has 1 saturated carbocycles. The molecule has 150 valence electrons. The van der Waals surface area contributed by atoms with Crippen LogP contribution < -0.4 is 0 Å². The molecular weight excluding hydrogens is 308 g/mol. The summed E-state index contributed by atoms with van der Waals surface area (Å²) in [6.07, 6.45) is 13.8. The number of ether oxygens (including phenoxy) is 1. The highest BCUT2D eigenvalue weighted by atomic mass is 16.5. The lowest BCUT2D eigenvalue weighted by Crippen LogP contribution is -2.37. The lowest BCUT2D eigenvalue weighted by Gasteiger charge is -2.37. The molecule has 4 atom stereocenters. The summed E-state index contributed by atoms with van der Waals surface area (Å²) in [5.74, 6) is 1.96. The summed E-state index contributed by atoms with van der Waals surface area (Å²) in [6.45, 7) is 11.1. The van der Waals surface area contributed by atoms with Crippen molar-refractivity contribution in [3.8, 4) is 0 Å². The number of esters is 1. The SMILES string of the molecule is C.CCCCCCCCCC(C)C(=O)OC1CC(C)CCC1C(C)C. The van der Waals surface area contributed by atoms with Gasteiger partial charge in [0.1, 0.15) is 6.10 Å². The van der Waals surface area contributed by atoms with Crippen LogP contribution in [0.4, 0.5) is 0 Å². The van der Waals surface area contributed by atoms with Gasteiger partial charge in [-0.2, -0.15) is 0 Å². The molecule has 0 aromatic carbocycles. The van der Waals surface area contributed by atoms with E-state index in [0.717, 1.165) is 19.3 Å². The second kappa shape index (κ2) is 13.6. The molecule has 2 nitrogen and oxygen atoms in total. The highest BCUT2D eigenvalue weighted by Crippen LogP contribution is 2.35. The maximum absolute atomic E-state index is 12.5. The number of carbonyl (C=O) groups excluding carboxylic acids is 1. The van der Waals surface area contributed by atoms with Crippen molar-refractivity contribution in [2.75, 3.05) is 0 Å². The minimum atomic E-state index is 0. The Morgan fingerprint density at radius 1 is 1.00 bits per heavy atom. The van der Waals surface area contributed by atoms with Crippen LogP contribution in [0.25, 0.3) is 0 Å². The molecule has 0 radical (unpaired) electrons. The van der Waals surface area contributed by atoms with Crippen LogP contribution in [0.5, 0.6) is 0 Å². The zero-order valence-corrected chi connectivity index (χ0v) is 17.0. The van der Waals surface area contributed by atoms with E-state index in [9.17, 15) is 4.79 Å². The van der Waals surface area contributed by atoms with Crippen LogP contribution in [-0.4, -0.2) is 12.1 Å². The summed E-state index contributed by atoms with van der Waals surface area (Å²) >= 11 is 0. The van der Waals surface area contributed by atoms with Gasteiger partial charge < -0.3 is 4.74 Å². The molecule has 1 aliphatic carbocycles. The van der Waals surface area contributed by atoms with E-state index >= 15 is 0 Å². The van der Waals surface area contributed by atoms with Gasteiger partial charge in [0.25, 0.3) is 0 Å². The molecule has 1 rings (SSSR count). The predicted octanol–water partition coefficient (Wildman–Crippen LogP) is 7.40. The van der Waals surface area contributed by atoms with Gasteiger partial charge >= 0.3 is 5.97 Å². The molecule has 0 N–H and O–H groups in total. The Kier molecular flexibility index (Phi) is 13.4. The van der Waals surface area contributed by atoms with E-state index in [4.69, 9.17) is 4.74 Å². The van der Waals surface area contributed by atoms with Gasteiger partial charge in [-0.15, -0.1) is 0 Å². The largest absolute Gasteiger partial charge is 0.462 e. The predicted molar refractivity (Wildman–Crippen MR) is 110 cm³/mol. The molecule has 1 aliphatic rings. The Labute approximate surface area is 158 Å². The van der Waals surface area contributed by atoms with Crippen LogP contribution in [0, 0.1) is 23.7 Å². The summed E-state index contributed by atoms with van der Waals surface area (Å²) < 4.78 is 5.97. The number of hydrogen-bond donors (Lipinski definition) is 0. The number of rotatable bonds is 11. The van der Waals surface area contributed by atoms with E-state index in [2.05, 4.69) is 34.6 Å². The number of unbranched alkanes of at least 4 members (excludes halogenated alkanes) is 6. The lowest BCUT2D eigenvalue weighted by molar-refractivity contribution is -0.160. The Balaban J connectivity index is 0.00000576. The van der Waals surface area contributed by atoms with Gasteiger partial charge in [-0.1, -0.05) is 93.4 Å². The molecule has 0 amide bonds. The summed E-state index contributed by atoms with van der Waals surface area (Å²) in [7, 11) is 0. The Morgan fingerprint density at radius 2 is 1.60 bits per heavy atom. The topological polar surface area (TPSA) is 26.3 Å². The van der Waals surface area contributed by atoms with Crippen molar-refractivity contribution in [1.82, 2.24) is 0 Å². The first-order valence-electron chi connectivity index (χ1n) is 10.7. The summed E-state index contributed by atoms with van der Waals surface area (Å²) in [5.41, 5.74) is 0. The van der Waals surface area contributed by atoms with Crippen LogP contribution in [0.3, 0.4) is 0 Å². The number of hydrogen-bond acceptors (Lipinski definition) is 2. The smallest absolute Gasteiger partial charge is 0.308 e. The van der Waals surface area contributed by atoms with Crippen LogP contribution in [0.2, 0.25) is 0 Å². The summed E-state index contributed by atoms with van der Waals surface area (Å²) in [4.78, 5) is 12.5. The monoisotopic (exact) mass is 354 g/mol. The van der Waals surface area contributed by atoms with Crippen molar-refractivity contribution in [2.45, 2.75) is 119 Å². The van der Waals surface area contributed by atoms with E-state index in [1.54, 1.807) is 0 Å². The van der Waals surface area contributed by atoms with Gasteiger partial charge in [0, 0.05) is 0 Å². The van der Waals surface area contributed by atoms with Crippen molar-refractivity contribution in [2.24, 2.45) is 23.7 Å². The first kappa shape index (κ1) is 24.5. The van der Waals surface area contributed by atoms with Crippen molar-refractivity contribution in [3.05, 3.63) is 0 Å². The molecule has 0 saturated heterocycles. The van der Waals surface area contributed by atoms with E-state index in [1.807, 2.05) is 0 Å². The quantitative estimate of drug-likeness (QED) is 0.285. The average molecular weight is 355 g/mol. The third kappa shape index (κ3) is 9.66. The minimum Gasteiger partial charge on any atom is -0.462 e. The Morgan fingerprint density at radius 3 is 2.20 bits per heavy atom. The lowest BCUT2D eigenvalue weighted by atomic mass is 9.75. The van der Waals surface area contributed by atoms with Gasteiger partial charge in [-0.3, -0.25) is 4.79 Å². The third-order valence-electron chi connectivity index (χ3n) is 5.87. The second-order valence-electron chi connectivity index (χ2n) is 8.61. The molecule has 2 heteroatoms. The van der Waals surface area contributed by atoms with E-state index in [-0.39, 0.29) is 25.4 Å². The molecule has 0 aromatic rings. The first-order valence-corrected chi connectivity index (χ1v) is 10.7. The highest BCUT2D eigenvalue weighted by Gasteiger charge is 2.34. The average Bonchev–Trinajstić information content (AvgIpc) is 2.53. The third-order valence-corrected chi connectivity index (χ3v) is 5.87. The first-order chi connectivity index (χ1) is 11.5. The van der Waals surface area contributed by atoms with Gasteiger partial charge in [0.2, 0.25) is 0 Å². The van der Waals surface area contributed by atoms with Gasteiger partial charge in [0.05, 0.1) is 5.92 Å². The fraction of sp³-hybridized carbons (Fsp3) is 0.957. The maximum Gasteiger partial charge on any atom is 0.308 e. The Hall–Kier alpha value is -0.530. The summed E-state index contributed by atoms with van der Waals surface area (Å²) in [6, 6.07) is 0. The highest BCUT2D eigenvalue weighted by molar-refractivity contribution is 5.72. The molecule has 0 aromatic heterocycles. The van der Waals surface area contributed by atoms with Crippen molar-refractivity contribution in [1.29, 1.82) is 0 Å². The molecule has 0 spiro atoms. The molecule has 4 unspecified atom stereocenters. The zero-order valence-electron chi connectivity index (χ0n) is 17.0. The standard InChI is InChI=1S/C22H42O2.CH4/c1-6-7-8-9-10-11-12-13-19(5)22(23)24-21-16-18(4)14-15-20(21)17(2)3;/h17-21H,6-16H2,1-5H3;1H4. The Bertz CT molecular complexity index is 337. The van der Waals surface area contributed by atoms with Crippen molar-refractivity contribution >= 4 is 5.97 Å². The zero-order chi connectivity index (χ0) is 17.9. The molecule has 0 heterocycles. The van der Waals surface area contributed by atoms with Gasteiger partial charge in [0.15, 0.2) is 0 Å². The number of carbonyl (C=O) groups is 1. The molecule has 0 bridgehead atoms. The van der Waals surface area contributed by atoms with Crippen LogP contribution in [-0.2, 0) is 9.53 Å². The minimum absolute atomic E-state index is 0. The molecule has 25 heavy (non-hydrogen) atoms. The van der Waals surface area contributed by atoms with Gasteiger partial charge in [-0.25, -0.2) is 0 Å². The second-order valence-corrected chi connectivity index (χ2v) is 8.61.